The summed E-state index contributed by atoms with van der Waals surface area (Å²) in [5.74, 6) is -0.0269. The van der Waals surface area contributed by atoms with Crippen molar-refractivity contribution in [2.45, 2.75) is 39.8 Å². The van der Waals surface area contributed by atoms with Crippen LogP contribution in [-0.2, 0) is 4.79 Å². The lowest BCUT2D eigenvalue weighted by molar-refractivity contribution is -0.140. The third-order valence-corrected chi connectivity index (χ3v) is 4.10. The van der Waals surface area contributed by atoms with Gasteiger partial charge in [-0.15, -0.1) is 0 Å². The highest BCUT2D eigenvalue weighted by atomic mass is 16.4. The van der Waals surface area contributed by atoms with E-state index in [1.807, 2.05) is 28.8 Å². The van der Waals surface area contributed by atoms with Crippen molar-refractivity contribution < 1.29 is 9.90 Å². The molecule has 0 radical (unpaired) electrons. The van der Waals surface area contributed by atoms with Crippen molar-refractivity contribution in [3.63, 3.8) is 0 Å². The van der Waals surface area contributed by atoms with Gasteiger partial charge in [-0.3, -0.25) is 4.90 Å². The maximum atomic E-state index is 11.5. The lowest BCUT2D eigenvalue weighted by Gasteiger charge is -2.27. The van der Waals surface area contributed by atoms with Crippen molar-refractivity contribution in [2.24, 2.45) is 0 Å². The number of carboxylic acids is 1. The third-order valence-electron chi connectivity index (χ3n) is 4.10. The van der Waals surface area contributed by atoms with Crippen LogP contribution in [0.1, 0.15) is 45.6 Å². The van der Waals surface area contributed by atoms with E-state index in [4.69, 9.17) is 4.98 Å². The Hall–Kier alpha value is -1.88. The molecule has 0 aliphatic carbocycles. The van der Waals surface area contributed by atoms with Crippen molar-refractivity contribution in [1.29, 1.82) is 0 Å². The van der Waals surface area contributed by atoms with E-state index in [-0.39, 0.29) is 6.04 Å². The second-order valence-corrected chi connectivity index (χ2v) is 5.24. The molecule has 2 aromatic rings. The number of aliphatic carboxylic acids is 1. The zero-order valence-electron chi connectivity index (χ0n) is 13.1. The summed E-state index contributed by atoms with van der Waals surface area (Å²) in [5, 5.41) is 9.41. The number of carbonyl (C=O) groups is 1. The van der Waals surface area contributed by atoms with Crippen LogP contribution in [0.3, 0.4) is 0 Å². The van der Waals surface area contributed by atoms with Crippen LogP contribution in [0.4, 0.5) is 0 Å². The third kappa shape index (κ3) is 2.78. The monoisotopic (exact) mass is 289 g/mol. The number of benzene rings is 1. The topological polar surface area (TPSA) is 58.4 Å². The van der Waals surface area contributed by atoms with Crippen LogP contribution in [-0.4, -0.2) is 38.6 Å². The lowest BCUT2D eigenvalue weighted by Crippen LogP contribution is -2.30. The summed E-state index contributed by atoms with van der Waals surface area (Å²) in [6.45, 7) is 9.81. The summed E-state index contributed by atoms with van der Waals surface area (Å²) in [6, 6.07) is 7.15. The molecule has 5 nitrogen and oxygen atoms in total. The van der Waals surface area contributed by atoms with E-state index in [0.717, 1.165) is 29.9 Å². The Labute approximate surface area is 125 Å². The molecule has 2 rings (SSSR count). The highest BCUT2D eigenvalue weighted by Crippen LogP contribution is 2.28. The maximum absolute atomic E-state index is 11.5. The van der Waals surface area contributed by atoms with Gasteiger partial charge >= 0.3 is 5.97 Å². The van der Waals surface area contributed by atoms with Gasteiger partial charge in [0.1, 0.15) is 11.9 Å². The number of hydrogen-bond donors (Lipinski definition) is 1. The molecule has 0 saturated heterocycles. The first kappa shape index (κ1) is 15.5. The van der Waals surface area contributed by atoms with Crippen molar-refractivity contribution in [3.8, 4) is 0 Å². The summed E-state index contributed by atoms with van der Waals surface area (Å²) in [7, 11) is 0. The summed E-state index contributed by atoms with van der Waals surface area (Å²) in [4.78, 5) is 18.4. The standard InChI is InChI=1S/C16H23N3O2/c1-5-18(6-2)11(3)15-17-13-9-7-8-10-14(13)19(15)12(4)16(20)21/h7-12H,5-6H2,1-4H3,(H,20,21). The Morgan fingerprint density at radius 2 is 1.90 bits per heavy atom. The second-order valence-electron chi connectivity index (χ2n) is 5.24. The van der Waals surface area contributed by atoms with E-state index < -0.39 is 12.0 Å². The predicted molar refractivity (Wildman–Crippen MR) is 83.4 cm³/mol. The number of fused-ring (bicyclic) bond motifs is 1. The Bertz CT molecular complexity index is 631. The summed E-state index contributed by atoms with van der Waals surface area (Å²) < 4.78 is 1.85. The average Bonchev–Trinajstić information content (AvgIpc) is 2.86. The molecule has 0 aliphatic rings. The minimum absolute atomic E-state index is 0.0780. The van der Waals surface area contributed by atoms with Gasteiger partial charge in [0.2, 0.25) is 0 Å². The largest absolute Gasteiger partial charge is 0.480 e. The number of aromatic nitrogens is 2. The summed E-state index contributed by atoms with van der Waals surface area (Å²) in [6.07, 6.45) is 0. The molecule has 0 fully saturated rings. The van der Waals surface area contributed by atoms with Crippen molar-refractivity contribution in [3.05, 3.63) is 30.1 Å². The smallest absolute Gasteiger partial charge is 0.326 e. The van der Waals surface area contributed by atoms with E-state index in [9.17, 15) is 9.90 Å². The van der Waals surface area contributed by atoms with Crippen LogP contribution in [0, 0.1) is 0 Å². The first-order valence-electron chi connectivity index (χ1n) is 7.44. The van der Waals surface area contributed by atoms with Crippen LogP contribution < -0.4 is 0 Å². The van der Waals surface area contributed by atoms with E-state index >= 15 is 0 Å². The molecule has 21 heavy (non-hydrogen) atoms. The van der Waals surface area contributed by atoms with Gasteiger partial charge in [-0.25, -0.2) is 9.78 Å². The van der Waals surface area contributed by atoms with E-state index in [0.29, 0.717) is 0 Å². The van der Waals surface area contributed by atoms with Gasteiger partial charge in [0.15, 0.2) is 0 Å². The lowest BCUT2D eigenvalue weighted by atomic mass is 10.2. The number of nitrogens with zero attached hydrogens (tertiary/aromatic N) is 3. The predicted octanol–water partition coefficient (Wildman–Crippen LogP) is 3.08. The molecule has 1 aromatic carbocycles. The number of rotatable bonds is 6. The van der Waals surface area contributed by atoms with Gasteiger partial charge in [-0.2, -0.15) is 0 Å². The van der Waals surface area contributed by atoms with Gasteiger partial charge in [0.05, 0.1) is 17.1 Å². The number of para-hydroxylation sites is 2. The zero-order chi connectivity index (χ0) is 15.6. The van der Waals surface area contributed by atoms with Gasteiger partial charge in [-0.1, -0.05) is 26.0 Å². The second kappa shape index (κ2) is 6.26. The van der Waals surface area contributed by atoms with E-state index in [1.54, 1.807) is 6.92 Å². The molecule has 114 valence electrons. The molecule has 0 spiro atoms. The molecule has 1 heterocycles. The minimum atomic E-state index is -0.842. The van der Waals surface area contributed by atoms with Crippen molar-refractivity contribution in [1.82, 2.24) is 14.5 Å². The van der Waals surface area contributed by atoms with Gasteiger partial charge < -0.3 is 9.67 Å². The molecule has 0 bridgehead atoms. The summed E-state index contributed by atoms with van der Waals surface area (Å²) >= 11 is 0. The van der Waals surface area contributed by atoms with E-state index in [1.165, 1.54) is 0 Å². The highest BCUT2D eigenvalue weighted by Gasteiger charge is 2.25. The fraction of sp³-hybridized carbons (Fsp3) is 0.500. The molecule has 1 aromatic heterocycles. The van der Waals surface area contributed by atoms with Crippen LogP contribution in [0.15, 0.2) is 24.3 Å². The average molecular weight is 289 g/mol. The number of hydrogen-bond acceptors (Lipinski definition) is 3. The van der Waals surface area contributed by atoms with Crippen LogP contribution in [0.5, 0.6) is 0 Å². The molecule has 2 unspecified atom stereocenters. The fourth-order valence-electron chi connectivity index (χ4n) is 2.81. The molecular weight excluding hydrogens is 266 g/mol. The Kier molecular flexibility index (Phi) is 4.63. The zero-order valence-corrected chi connectivity index (χ0v) is 13.1. The molecule has 0 saturated carbocycles. The quantitative estimate of drug-likeness (QED) is 0.888. The van der Waals surface area contributed by atoms with Crippen molar-refractivity contribution in [2.75, 3.05) is 13.1 Å². The Balaban J connectivity index is 2.61. The van der Waals surface area contributed by atoms with Gasteiger partial charge in [0.25, 0.3) is 0 Å². The molecule has 0 aliphatic heterocycles. The highest BCUT2D eigenvalue weighted by molar-refractivity contribution is 5.80. The van der Waals surface area contributed by atoms with E-state index in [2.05, 4.69) is 25.7 Å². The first-order valence-corrected chi connectivity index (χ1v) is 7.44. The van der Waals surface area contributed by atoms with Crippen LogP contribution in [0.25, 0.3) is 11.0 Å². The van der Waals surface area contributed by atoms with Crippen molar-refractivity contribution >= 4 is 17.0 Å². The van der Waals surface area contributed by atoms with Crippen LogP contribution in [0.2, 0.25) is 0 Å². The maximum Gasteiger partial charge on any atom is 0.326 e. The Morgan fingerprint density at radius 1 is 1.29 bits per heavy atom. The van der Waals surface area contributed by atoms with Gasteiger partial charge in [0, 0.05) is 0 Å². The number of carboxylic acid groups (broad SMARTS) is 1. The molecule has 1 N–H and O–H groups in total. The number of imidazole rings is 1. The molecule has 0 amide bonds. The summed E-state index contributed by atoms with van der Waals surface area (Å²) in [5.41, 5.74) is 1.72. The molecule has 5 heteroatoms. The molecular formula is C16H23N3O2. The SMILES string of the molecule is CCN(CC)C(C)c1nc2ccccc2n1C(C)C(=O)O. The first-order chi connectivity index (χ1) is 10.0. The van der Waals surface area contributed by atoms with Gasteiger partial charge in [-0.05, 0) is 39.1 Å². The minimum Gasteiger partial charge on any atom is -0.480 e. The molecule has 2 atom stereocenters. The van der Waals surface area contributed by atoms with Crippen LogP contribution >= 0.6 is 0 Å². The normalized spacial score (nSPS) is 14.5. The Morgan fingerprint density at radius 3 is 2.48 bits per heavy atom. The fourth-order valence-corrected chi connectivity index (χ4v) is 2.81.